The lowest BCUT2D eigenvalue weighted by Crippen LogP contribution is -2.34. The summed E-state index contributed by atoms with van der Waals surface area (Å²) in [5, 5.41) is 0. The number of carbonyl (C=O) groups excluding carboxylic acids is 2. The molecule has 2 nitrogen and oxygen atoms in total. The molecule has 2 rings (SSSR count). The third-order valence-electron chi connectivity index (χ3n) is 4.78. The van der Waals surface area contributed by atoms with E-state index in [1.165, 1.54) is 0 Å². The van der Waals surface area contributed by atoms with Crippen LogP contribution in [0.15, 0.2) is 0 Å². The van der Waals surface area contributed by atoms with Crippen molar-refractivity contribution in [2.45, 2.75) is 33.6 Å². The molecule has 2 fully saturated rings. The molecule has 2 saturated carbocycles. The lowest BCUT2D eigenvalue weighted by Gasteiger charge is -2.32. The average Bonchev–Trinajstić information content (AvgIpc) is 2.35. The fraction of sp³-hybridized carbons (Fsp3) is 0.818. The zero-order valence-corrected chi connectivity index (χ0v) is 8.76. The Kier molecular flexibility index (Phi) is 1.71. The van der Waals surface area contributed by atoms with E-state index in [9.17, 15) is 14.0 Å². The molecule has 14 heavy (non-hydrogen) atoms. The van der Waals surface area contributed by atoms with Gasteiger partial charge in [0.15, 0.2) is 5.78 Å². The summed E-state index contributed by atoms with van der Waals surface area (Å²) >= 11 is 0. The van der Waals surface area contributed by atoms with Crippen LogP contribution in [0, 0.1) is 22.7 Å². The fourth-order valence-electron chi connectivity index (χ4n) is 3.35. The molecule has 0 spiro atoms. The molecule has 2 bridgehead atoms. The number of hydrogen-bond acceptors (Lipinski definition) is 2. The second-order valence-electron chi connectivity index (χ2n) is 5.34. The topological polar surface area (TPSA) is 34.1 Å². The highest BCUT2D eigenvalue weighted by Gasteiger charge is 2.68. The van der Waals surface area contributed by atoms with Crippen molar-refractivity contribution in [2.75, 3.05) is 0 Å². The van der Waals surface area contributed by atoms with Gasteiger partial charge in [-0.05, 0) is 24.2 Å². The molecule has 0 aliphatic heterocycles. The Morgan fingerprint density at radius 2 is 2.00 bits per heavy atom. The minimum absolute atomic E-state index is 0.0856. The number of halogens is 1. The highest BCUT2D eigenvalue weighted by Crippen LogP contribution is 2.65. The zero-order chi connectivity index (χ0) is 10.7. The average molecular weight is 198 g/mol. The maximum absolute atomic E-state index is 12.8. The number of fused-ring (bicyclic) bond motifs is 2. The van der Waals surface area contributed by atoms with Gasteiger partial charge in [0.2, 0.25) is 0 Å². The Hall–Kier alpha value is -0.730. The number of ketones is 1. The smallest absolute Gasteiger partial charge is 0.298 e. The molecule has 2 aliphatic carbocycles. The van der Waals surface area contributed by atoms with E-state index < -0.39 is 17.4 Å². The molecule has 0 aromatic rings. The number of carbonyl (C=O) groups is 2. The monoisotopic (exact) mass is 198 g/mol. The van der Waals surface area contributed by atoms with Crippen LogP contribution in [-0.4, -0.2) is 11.8 Å². The van der Waals surface area contributed by atoms with E-state index in [2.05, 4.69) is 0 Å². The minimum atomic E-state index is -1.43. The predicted octanol–water partition coefficient (Wildman–Crippen LogP) is 2.12. The summed E-state index contributed by atoms with van der Waals surface area (Å²) < 4.78 is 12.8. The first-order chi connectivity index (χ1) is 6.32. The zero-order valence-electron chi connectivity index (χ0n) is 8.76. The summed E-state index contributed by atoms with van der Waals surface area (Å²) in [7, 11) is 0. The predicted molar refractivity (Wildman–Crippen MR) is 49.2 cm³/mol. The quantitative estimate of drug-likeness (QED) is 0.477. The molecule has 0 radical (unpaired) electrons. The van der Waals surface area contributed by atoms with Gasteiger partial charge < -0.3 is 0 Å². The highest BCUT2D eigenvalue weighted by molar-refractivity contribution is 6.05. The molecule has 0 aromatic carbocycles. The largest absolute Gasteiger partial charge is 0.312 e. The van der Waals surface area contributed by atoms with Crippen molar-refractivity contribution in [3.8, 4) is 0 Å². The molecule has 3 atom stereocenters. The van der Waals surface area contributed by atoms with Crippen molar-refractivity contribution < 1.29 is 14.0 Å². The lowest BCUT2D eigenvalue weighted by molar-refractivity contribution is -0.143. The van der Waals surface area contributed by atoms with Crippen molar-refractivity contribution in [1.82, 2.24) is 0 Å². The maximum Gasteiger partial charge on any atom is 0.312 e. The maximum atomic E-state index is 12.8. The van der Waals surface area contributed by atoms with Crippen molar-refractivity contribution >= 4 is 11.8 Å². The molecule has 3 unspecified atom stereocenters. The normalized spacial score (nSPS) is 44.4. The molecule has 3 heteroatoms. The van der Waals surface area contributed by atoms with Gasteiger partial charge in [-0.1, -0.05) is 20.8 Å². The van der Waals surface area contributed by atoms with Crippen LogP contribution in [0.3, 0.4) is 0 Å². The van der Waals surface area contributed by atoms with Gasteiger partial charge >= 0.3 is 6.04 Å². The lowest BCUT2D eigenvalue weighted by atomic mass is 9.70. The first-order valence-corrected chi connectivity index (χ1v) is 5.06. The van der Waals surface area contributed by atoms with E-state index in [0.717, 1.165) is 12.8 Å². The first kappa shape index (κ1) is 9.81. The molecule has 0 aromatic heterocycles. The summed E-state index contributed by atoms with van der Waals surface area (Å²) in [6.07, 6.45) is 1.60. The molecule has 0 saturated heterocycles. The van der Waals surface area contributed by atoms with E-state index in [4.69, 9.17) is 0 Å². The molecule has 0 N–H and O–H groups in total. The number of hydrogen-bond donors (Lipinski definition) is 0. The van der Waals surface area contributed by atoms with Gasteiger partial charge in [0.25, 0.3) is 0 Å². The van der Waals surface area contributed by atoms with Gasteiger partial charge in [-0.25, -0.2) is 0 Å². The van der Waals surface area contributed by atoms with E-state index >= 15 is 0 Å². The third kappa shape index (κ3) is 0.812. The molecule has 0 amide bonds. The van der Waals surface area contributed by atoms with Crippen molar-refractivity contribution in [2.24, 2.45) is 22.7 Å². The molecule has 2 aliphatic rings. The van der Waals surface area contributed by atoms with Crippen molar-refractivity contribution in [3.05, 3.63) is 0 Å². The highest BCUT2D eigenvalue weighted by atomic mass is 19.1. The van der Waals surface area contributed by atoms with Crippen LogP contribution in [0.2, 0.25) is 0 Å². The van der Waals surface area contributed by atoms with Crippen LogP contribution < -0.4 is 0 Å². The first-order valence-electron chi connectivity index (χ1n) is 5.06. The van der Waals surface area contributed by atoms with E-state index in [0.29, 0.717) is 0 Å². The SMILES string of the molecule is CC12CCC(C(C(=O)F)C1=O)C2(C)C. The van der Waals surface area contributed by atoms with Gasteiger partial charge in [-0.15, -0.1) is 0 Å². The van der Waals surface area contributed by atoms with Gasteiger partial charge in [0.05, 0.1) is 0 Å². The summed E-state index contributed by atoms with van der Waals surface area (Å²) in [4.78, 5) is 22.7. The standard InChI is InChI=1S/C11H15FO2/c1-10(2)6-4-5-11(10,3)8(13)7(6)9(12)14/h6-7H,4-5H2,1-3H3. The van der Waals surface area contributed by atoms with Crippen LogP contribution in [0.4, 0.5) is 4.39 Å². The van der Waals surface area contributed by atoms with E-state index in [1.807, 2.05) is 20.8 Å². The van der Waals surface area contributed by atoms with Crippen LogP contribution >= 0.6 is 0 Å². The second-order valence-corrected chi connectivity index (χ2v) is 5.34. The van der Waals surface area contributed by atoms with Crippen LogP contribution in [-0.2, 0) is 9.59 Å². The summed E-state index contributed by atoms with van der Waals surface area (Å²) in [6, 6.07) is -1.43. The van der Waals surface area contributed by atoms with Crippen LogP contribution in [0.25, 0.3) is 0 Å². The molecular formula is C11H15FO2. The third-order valence-corrected chi connectivity index (χ3v) is 4.78. The number of rotatable bonds is 1. The van der Waals surface area contributed by atoms with Crippen molar-refractivity contribution in [3.63, 3.8) is 0 Å². The van der Waals surface area contributed by atoms with Gasteiger partial charge in [-0.2, -0.15) is 4.39 Å². The van der Waals surface area contributed by atoms with E-state index in [1.54, 1.807) is 0 Å². The summed E-state index contributed by atoms with van der Waals surface area (Å²) in [5.41, 5.74) is -0.708. The molecular weight excluding hydrogens is 183 g/mol. The molecule has 0 heterocycles. The van der Waals surface area contributed by atoms with Crippen LogP contribution in [0.5, 0.6) is 0 Å². The Morgan fingerprint density at radius 3 is 2.29 bits per heavy atom. The van der Waals surface area contributed by atoms with Gasteiger partial charge in [-0.3, -0.25) is 9.59 Å². The van der Waals surface area contributed by atoms with Gasteiger partial charge in [0, 0.05) is 5.41 Å². The van der Waals surface area contributed by atoms with E-state index in [-0.39, 0.29) is 17.1 Å². The summed E-state index contributed by atoms with van der Waals surface area (Å²) in [5.74, 6) is -1.23. The Balaban J connectivity index is 2.49. The number of Topliss-reactive ketones (excluding diaryl/α,β-unsaturated/α-hetero) is 1. The van der Waals surface area contributed by atoms with Gasteiger partial charge in [0.1, 0.15) is 5.92 Å². The fourth-order valence-corrected chi connectivity index (χ4v) is 3.35. The molecule has 78 valence electrons. The Bertz CT molecular complexity index is 321. The second kappa shape index (κ2) is 2.44. The Labute approximate surface area is 82.9 Å². The Morgan fingerprint density at radius 1 is 1.43 bits per heavy atom. The van der Waals surface area contributed by atoms with Crippen molar-refractivity contribution in [1.29, 1.82) is 0 Å². The van der Waals surface area contributed by atoms with Crippen LogP contribution in [0.1, 0.15) is 33.6 Å². The minimum Gasteiger partial charge on any atom is -0.298 e. The summed E-state index contributed by atoms with van der Waals surface area (Å²) in [6.45, 7) is 5.83.